The molecule has 1 amide bonds. The van der Waals surface area contributed by atoms with Gasteiger partial charge in [0.05, 0.1) is 6.42 Å². The first kappa shape index (κ1) is 16.6. The number of amides is 1. The number of carbonyl (C=O) groups excluding carboxylic acids is 1. The molecule has 22 heavy (non-hydrogen) atoms. The lowest BCUT2D eigenvalue weighted by atomic mass is 9.72. The number of aromatic nitrogens is 2. The van der Waals surface area contributed by atoms with Gasteiger partial charge in [-0.3, -0.25) is 14.6 Å². The first-order valence-electron chi connectivity index (χ1n) is 7.40. The van der Waals surface area contributed by atoms with Gasteiger partial charge in [0.25, 0.3) is 5.56 Å². The first-order valence-corrected chi connectivity index (χ1v) is 7.81. The predicted octanol–water partition coefficient (Wildman–Crippen LogP) is 2.29. The van der Waals surface area contributed by atoms with Crippen LogP contribution in [-0.2, 0) is 11.2 Å². The van der Waals surface area contributed by atoms with Crippen molar-refractivity contribution in [3.8, 4) is 0 Å². The maximum absolute atomic E-state index is 11.9. The molecule has 0 bridgehead atoms. The number of carbonyl (C=O) groups is 1. The Balaban J connectivity index is 1.99. The Morgan fingerprint density at radius 3 is 2.86 bits per heavy atom. The Hall–Kier alpha value is -1.76. The summed E-state index contributed by atoms with van der Waals surface area (Å²) in [6, 6.07) is 1.33. The highest BCUT2D eigenvalue weighted by molar-refractivity contribution is 7.71. The lowest BCUT2D eigenvalue weighted by Gasteiger charge is -2.34. The van der Waals surface area contributed by atoms with Crippen molar-refractivity contribution in [2.75, 3.05) is 0 Å². The number of aromatic amines is 2. The molecule has 1 saturated carbocycles. The molecule has 6 nitrogen and oxygen atoms in total. The molecular formula is C15H22N4O2S. The molecule has 1 heterocycles. The average molecular weight is 322 g/mol. The van der Waals surface area contributed by atoms with Gasteiger partial charge in [-0.1, -0.05) is 20.8 Å². The van der Waals surface area contributed by atoms with Crippen LogP contribution < -0.4 is 11.0 Å². The molecule has 0 spiro atoms. The van der Waals surface area contributed by atoms with Crippen LogP contribution in [0.3, 0.4) is 0 Å². The summed E-state index contributed by atoms with van der Waals surface area (Å²) in [6.45, 7) is 6.64. The topological polar surface area (TPSA) is 90.1 Å². The fourth-order valence-corrected chi connectivity index (χ4v) is 3.40. The summed E-state index contributed by atoms with van der Waals surface area (Å²) in [5.74, 6) is 0.308. The van der Waals surface area contributed by atoms with Gasteiger partial charge in [-0.05, 0) is 42.8 Å². The second-order valence-electron chi connectivity index (χ2n) is 6.86. The van der Waals surface area contributed by atoms with E-state index in [-0.39, 0.29) is 28.1 Å². The molecule has 0 aliphatic heterocycles. The van der Waals surface area contributed by atoms with Gasteiger partial charge in [0.15, 0.2) is 4.77 Å². The van der Waals surface area contributed by atoms with Crippen LogP contribution in [0.25, 0.3) is 0 Å². The van der Waals surface area contributed by atoms with E-state index >= 15 is 0 Å². The van der Waals surface area contributed by atoms with Crippen molar-refractivity contribution in [1.82, 2.24) is 15.4 Å². The molecule has 120 valence electrons. The van der Waals surface area contributed by atoms with Crippen LogP contribution in [-0.4, -0.2) is 21.6 Å². The standard InChI is InChI=1S/C15H22N4O2S/c1-9-4-11(8-15(2,3)7-9)18-19-13(21)6-10-5-12(20)17-14(22)16-10/h5,9H,4,6-8H2,1-3H3,(H,19,21)(H2,16,17,20,22)/b18-11-/t9-/m0/s1. The molecule has 7 heteroatoms. The lowest BCUT2D eigenvalue weighted by molar-refractivity contribution is -0.120. The number of rotatable bonds is 3. The highest BCUT2D eigenvalue weighted by atomic mass is 32.1. The largest absolute Gasteiger partial charge is 0.335 e. The average Bonchev–Trinajstić information content (AvgIpc) is 2.32. The van der Waals surface area contributed by atoms with Crippen molar-refractivity contribution in [3.05, 3.63) is 26.9 Å². The molecule has 1 aromatic rings. The molecule has 0 aromatic carbocycles. The highest BCUT2D eigenvalue weighted by Gasteiger charge is 2.29. The Morgan fingerprint density at radius 2 is 2.23 bits per heavy atom. The zero-order chi connectivity index (χ0) is 16.3. The summed E-state index contributed by atoms with van der Waals surface area (Å²) in [6.07, 6.45) is 3.02. The molecule has 1 aliphatic carbocycles. The van der Waals surface area contributed by atoms with E-state index in [1.54, 1.807) is 0 Å². The van der Waals surface area contributed by atoms with Crippen LogP contribution in [0, 0.1) is 16.1 Å². The van der Waals surface area contributed by atoms with Gasteiger partial charge in [-0.2, -0.15) is 5.10 Å². The second kappa shape index (κ2) is 6.56. The summed E-state index contributed by atoms with van der Waals surface area (Å²) in [5.41, 5.74) is 3.98. The quantitative estimate of drug-likeness (QED) is 0.589. The third kappa shape index (κ3) is 4.91. The van der Waals surface area contributed by atoms with E-state index in [2.05, 4.69) is 41.3 Å². The van der Waals surface area contributed by atoms with Crippen LogP contribution in [0.5, 0.6) is 0 Å². The Bertz CT molecular complexity index is 674. The maximum Gasteiger partial charge on any atom is 0.251 e. The number of nitrogens with zero attached hydrogens (tertiary/aromatic N) is 1. The fraction of sp³-hybridized carbons (Fsp3) is 0.600. The van der Waals surface area contributed by atoms with Gasteiger partial charge >= 0.3 is 0 Å². The van der Waals surface area contributed by atoms with Crippen LogP contribution in [0.2, 0.25) is 0 Å². The van der Waals surface area contributed by atoms with E-state index in [9.17, 15) is 9.59 Å². The van der Waals surface area contributed by atoms with Crippen molar-refractivity contribution >= 4 is 23.8 Å². The van der Waals surface area contributed by atoms with Gasteiger partial charge in [0.2, 0.25) is 5.91 Å². The van der Waals surface area contributed by atoms with Crippen molar-refractivity contribution < 1.29 is 4.79 Å². The van der Waals surface area contributed by atoms with E-state index in [4.69, 9.17) is 12.2 Å². The van der Waals surface area contributed by atoms with Gasteiger partial charge in [0.1, 0.15) is 0 Å². The van der Waals surface area contributed by atoms with Crippen molar-refractivity contribution in [1.29, 1.82) is 0 Å². The molecule has 0 radical (unpaired) electrons. The second-order valence-corrected chi connectivity index (χ2v) is 7.27. The Morgan fingerprint density at radius 1 is 1.50 bits per heavy atom. The van der Waals surface area contributed by atoms with Crippen molar-refractivity contribution in [3.63, 3.8) is 0 Å². The van der Waals surface area contributed by atoms with Gasteiger partial charge in [-0.15, -0.1) is 0 Å². The molecule has 1 aromatic heterocycles. The van der Waals surface area contributed by atoms with Crippen LogP contribution >= 0.6 is 12.2 Å². The molecular weight excluding hydrogens is 300 g/mol. The van der Waals surface area contributed by atoms with E-state index in [0.29, 0.717) is 11.6 Å². The Kier molecular flexibility index (Phi) is 4.95. The smallest absolute Gasteiger partial charge is 0.251 e. The molecule has 1 fully saturated rings. The van der Waals surface area contributed by atoms with E-state index in [1.807, 2.05) is 0 Å². The molecule has 0 unspecified atom stereocenters. The van der Waals surface area contributed by atoms with Gasteiger partial charge in [-0.25, -0.2) is 5.43 Å². The van der Waals surface area contributed by atoms with E-state index < -0.39 is 0 Å². The lowest BCUT2D eigenvalue weighted by Crippen LogP contribution is -2.30. The monoisotopic (exact) mass is 322 g/mol. The third-order valence-electron chi connectivity index (χ3n) is 3.67. The number of H-pyrrole nitrogens is 2. The highest BCUT2D eigenvalue weighted by Crippen LogP contribution is 2.36. The minimum Gasteiger partial charge on any atom is -0.335 e. The number of nitrogens with one attached hydrogen (secondary N) is 3. The molecule has 2 rings (SSSR count). The summed E-state index contributed by atoms with van der Waals surface area (Å²) in [5, 5.41) is 4.26. The summed E-state index contributed by atoms with van der Waals surface area (Å²) in [4.78, 5) is 28.5. The number of hydrazone groups is 1. The molecule has 0 saturated heterocycles. The summed E-state index contributed by atoms with van der Waals surface area (Å²) >= 11 is 4.87. The predicted molar refractivity (Wildman–Crippen MR) is 88.3 cm³/mol. The van der Waals surface area contributed by atoms with Crippen molar-refractivity contribution in [2.45, 2.75) is 46.5 Å². The third-order valence-corrected chi connectivity index (χ3v) is 3.88. The maximum atomic E-state index is 11.9. The van der Waals surface area contributed by atoms with Gasteiger partial charge < -0.3 is 4.98 Å². The summed E-state index contributed by atoms with van der Waals surface area (Å²) < 4.78 is 0.212. The van der Waals surface area contributed by atoms with Gasteiger partial charge in [0, 0.05) is 17.5 Å². The number of hydrogen-bond donors (Lipinski definition) is 3. The Labute approximate surface area is 134 Å². The fourth-order valence-electron chi connectivity index (χ4n) is 3.17. The minimum absolute atomic E-state index is 0.0449. The molecule has 3 N–H and O–H groups in total. The zero-order valence-corrected chi connectivity index (χ0v) is 14.0. The molecule has 1 atom stereocenters. The first-order chi connectivity index (χ1) is 10.2. The van der Waals surface area contributed by atoms with Crippen LogP contribution in [0.15, 0.2) is 16.0 Å². The van der Waals surface area contributed by atoms with E-state index in [1.165, 1.54) is 12.5 Å². The molecule has 1 aliphatic rings. The zero-order valence-electron chi connectivity index (χ0n) is 13.2. The van der Waals surface area contributed by atoms with Crippen LogP contribution in [0.4, 0.5) is 0 Å². The minimum atomic E-state index is -0.319. The number of hydrogen-bond acceptors (Lipinski definition) is 4. The van der Waals surface area contributed by atoms with E-state index in [0.717, 1.165) is 18.6 Å². The summed E-state index contributed by atoms with van der Waals surface area (Å²) in [7, 11) is 0. The van der Waals surface area contributed by atoms with Crippen molar-refractivity contribution in [2.24, 2.45) is 16.4 Å². The normalized spacial score (nSPS) is 22.5. The SMILES string of the molecule is C[C@H]1C/C(=N/NC(=O)Cc2cc(=O)[nH]c(=S)[nH]2)CC(C)(C)C1. The van der Waals surface area contributed by atoms with Crippen LogP contribution in [0.1, 0.15) is 45.7 Å².